The van der Waals surface area contributed by atoms with E-state index in [9.17, 15) is 25.0 Å². The Bertz CT molecular complexity index is 1350. The van der Waals surface area contributed by atoms with Crippen LogP contribution in [0.3, 0.4) is 0 Å². The first kappa shape index (κ1) is 28.7. The molecular formula is C28H28N6O7. The molecule has 0 saturated carbocycles. The van der Waals surface area contributed by atoms with E-state index in [1.54, 1.807) is 6.33 Å². The number of hydrogen-bond acceptors (Lipinski definition) is 9. The van der Waals surface area contributed by atoms with Crippen LogP contribution in [0.5, 0.6) is 0 Å². The predicted molar refractivity (Wildman–Crippen MR) is 146 cm³/mol. The Labute approximate surface area is 234 Å². The second-order valence-electron chi connectivity index (χ2n) is 9.11. The van der Waals surface area contributed by atoms with Crippen molar-refractivity contribution in [3.8, 4) is 0 Å². The van der Waals surface area contributed by atoms with Gasteiger partial charge in [-0.1, -0.05) is 91.0 Å². The standard InChI is InChI=1S/C28H28N6O7/c29-26(27(35)30-17-25(41-34(38)39)19-40-33(36)37)16-24-18-32(20-31-24)28(21-10-4-1-5-11-21,22-12-6-2-7-13-22)23-14-8-3-9-15-23/h1-15,18,20,25-26H,16-17,19,29H2,(H,30,35)/t25-,26-/m0/s1. The van der Waals surface area contributed by atoms with Crippen LogP contribution in [-0.4, -0.2) is 50.9 Å². The maximum absolute atomic E-state index is 12.7. The number of carbonyl (C=O) groups excluding carboxylic acids is 1. The summed E-state index contributed by atoms with van der Waals surface area (Å²) in [5.74, 6) is -0.641. The first-order valence-corrected chi connectivity index (χ1v) is 12.6. The number of amides is 1. The van der Waals surface area contributed by atoms with Crippen LogP contribution < -0.4 is 11.1 Å². The Kier molecular flexibility index (Phi) is 9.22. The van der Waals surface area contributed by atoms with Crippen molar-refractivity contribution in [2.45, 2.75) is 24.1 Å². The molecule has 0 bridgehead atoms. The highest BCUT2D eigenvalue weighted by molar-refractivity contribution is 5.81. The lowest BCUT2D eigenvalue weighted by molar-refractivity contribution is -0.789. The van der Waals surface area contributed by atoms with Gasteiger partial charge in [-0.05, 0) is 16.7 Å². The molecule has 1 aromatic heterocycles. The van der Waals surface area contributed by atoms with Gasteiger partial charge in [-0.25, -0.2) is 4.98 Å². The highest BCUT2D eigenvalue weighted by Gasteiger charge is 2.38. The lowest BCUT2D eigenvalue weighted by atomic mass is 9.77. The fraction of sp³-hybridized carbons (Fsp3) is 0.214. The van der Waals surface area contributed by atoms with E-state index in [-0.39, 0.29) is 6.42 Å². The molecule has 13 heteroatoms. The summed E-state index contributed by atoms with van der Waals surface area (Å²) in [6.07, 6.45) is 2.19. The summed E-state index contributed by atoms with van der Waals surface area (Å²) in [6, 6.07) is 28.9. The zero-order valence-electron chi connectivity index (χ0n) is 21.8. The quantitative estimate of drug-likeness (QED) is 0.133. The maximum Gasteiger partial charge on any atom is 0.294 e. The van der Waals surface area contributed by atoms with Crippen molar-refractivity contribution >= 4 is 5.91 Å². The molecule has 2 atom stereocenters. The van der Waals surface area contributed by atoms with Crippen molar-refractivity contribution in [2.75, 3.05) is 13.2 Å². The molecule has 0 aliphatic rings. The van der Waals surface area contributed by atoms with E-state index in [1.165, 1.54) is 0 Å². The van der Waals surface area contributed by atoms with Crippen molar-refractivity contribution in [3.05, 3.63) is 146 Å². The molecule has 1 heterocycles. The van der Waals surface area contributed by atoms with Crippen molar-refractivity contribution in [3.63, 3.8) is 0 Å². The summed E-state index contributed by atoms with van der Waals surface area (Å²) in [7, 11) is 0. The van der Waals surface area contributed by atoms with Gasteiger partial charge in [-0.2, -0.15) is 0 Å². The van der Waals surface area contributed by atoms with Crippen molar-refractivity contribution in [2.24, 2.45) is 5.73 Å². The molecule has 3 aromatic carbocycles. The Morgan fingerprint density at radius 1 is 0.902 bits per heavy atom. The average molecular weight is 561 g/mol. The summed E-state index contributed by atoms with van der Waals surface area (Å²) >= 11 is 0. The number of carbonyl (C=O) groups is 1. The van der Waals surface area contributed by atoms with Gasteiger partial charge in [0.1, 0.15) is 18.2 Å². The number of nitrogens with one attached hydrogen (secondary N) is 1. The first-order chi connectivity index (χ1) is 19.8. The third kappa shape index (κ3) is 6.83. The SMILES string of the molecule is N[C@@H](Cc1cn(C(c2ccccc2)(c2ccccc2)c2ccccc2)cn1)C(=O)NC[C@@H](CO[N+](=O)[O-])O[N+](=O)[O-]. The van der Waals surface area contributed by atoms with Crippen molar-refractivity contribution < 1.29 is 24.6 Å². The number of hydrogen-bond donors (Lipinski definition) is 2. The fourth-order valence-electron chi connectivity index (χ4n) is 4.69. The van der Waals surface area contributed by atoms with Crippen LogP contribution in [0.25, 0.3) is 0 Å². The van der Waals surface area contributed by atoms with Gasteiger partial charge in [0, 0.05) is 19.2 Å². The summed E-state index contributed by atoms with van der Waals surface area (Å²) in [4.78, 5) is 46.8. The minimum Gasteiger partial charge on any atom is -0.352 e. The highest BCUT2D eigenvalue weighted by Crippen LogP contribution is 2.40. The molecule has 0 aliphatic carbocycles. The number of nitrogens with two attached hydrogens (primary N) is 1. The Morgan fingerprint density at radius 3 is 1.88 bits per heavy atom. The maximum atomic E-state index is 12.7. The van der Waals surface area contributed by atoms with Gasteiger partial charge in [-0.15, -0.1) is 20.2 Å². The monoisotopic (exact) mass is 560 g/mol. The van der Waals surface area contributed by atoms with Gasteiger partial charge in [0.2, 0.25) is 5.91 Å². The lowest BCUT2D eigenvalue weighted by Gasteiger charge is -2.37. The summed E-state index contributed by atoms with van der Waals surface area (Å²) < 4.78 is 1.99. The van der Waals surface area contributed by atoms with E-state index in [1.807, 2.05) is 102 Å². The third-order valence-corrected chi connectivity index (χ3v) is 6.47. The van der Waals surface area contributed by atoms with Crippen LogP contribution in [0.15, 0.2) is 104 Å². The van der Waals surface area contributed by atoms with Crippen LogP contribution in [0.1, 0.15) is 22.4 Å². The molecule has 4 aromatic rings. The van der Waals surface area contributed by atoms with Crippen LogP contribution in [0, 0.1) is 20.2 Å². The minimum absolute atomic E-state index is 0.0550. The van der Waals surface area contributed by atoms with Crippen molar-refractivity contribution in [1.82, 2.24) is 14.9 Å². The van der Waals surface area contributed by atoms with Crippen LogP contribution in [-0.2, 0) is 26.4 Å². The molecule has 0 unspecified atom stereocenters. The highest BCUT2D eigenvalue weighted by atomic mass is 17.0. The first-order valence-electron chi connectivity index (χ1n) is 12.6. The van der Waals surface area contributed by atoms with Gasteiger partial charge >= 0.3 is 0 Å². The number of benzene rings is 3. The number of rotatable bonds is 14. The molecule has 0 spiro atoms. The largest absolute Gasteiger partial charge is 0.352 e. The topological polar surface area (TPSA) is 178 Å². The number of imidazole rings is 1. The third-order valence-electron chi connectivity index (χ3n) is 6.47. The Morgan fingerprint density at radius 2 is 1.41 bits per heavy atom. The second kappa shape index (κ2) is 13.2. The summed E-state index contributed by atoms with van der Waals surface area (Å²) in [5.41, 5.74) is 8.88. The molecule has 212 valence electrons. The molecule has 0 aliphatic heterocycles. The van der Waals surface area contributed by atoms with Gasteiger partial charge in [0.05, 0.1) is 18.1 Å². The van der Waals surface area contributed by atoms with Crippen molar-refractivity contribution in [1.29, 1.82) is 0 Å². The fourth-order valence-corrected chi connectivity index (χ4v) is 4.69. The Hall–Kier alpha value is -5.30. The zero-order chi connectivity index (χ0) is 29.2. The molecule has 4 rings (SSSR count). The molecule has 3 N–H and O–H groups in total. The molecule has 0 saturated heterocycles. The predicted octanol–water partition coefficient (Wildman–Crippen LogP) is 2.49. The van der Waals surface area contributed by atoms with E-state index in [2.05, 4.69) is 20.0 Å². The van der Waals surface area contributed by atoms with Crippen LogP contribution in [0.4, 0.5) is 0 Å². The number of nitrogens with zero attached hydrogens (tertiary/aromatic N) is 4. The normalized spacial score (nSPS) is 12.6. The molecule has 1 amide bonds. The molecular weight excluding hydrogens is 532 g/mol. The average Bonchev–Trinajstić information content (AvgIpc) is 3.44. The van der Waals surface area contributed by atoms with E-state index >= 15 is 0 Å². The molecule has 0 radical (unpaired) electrons. The van der Waals surface area contributed by atoms with Crippen LogP contribution in [0.2, 0.25) is 0 Å². The molecule has 0 fully saturated rings. The zero-order valence-corrected chi connectivity index (χ0v) is 21.8. The summed E-state index contributed by atoms with van der Waals surface area (Å²) in [6.45, 7) is -1.16. The Balaban J connectivity index is 1.59. The van der Waals surface area contributed by atoms with E-state index in [0.29, 0.717) is 5.69 Å². The lowest BCUT2D eigenvalue weighted by Crippen LogP contribution is -2.46. The summed E-state index contributed by atoms with van der Waals surface area (Å²) in [5, 5.41) is 21.3. The van der Waals surface area contributed by atoms with E-state index in [4.69, 9.17) is 5.73 Å². The van der Waals surface area contributed by atoms with E-state index in [0.717, 1.165) is 16.7 Å². The van der Waals surface area contributed by atoms with Gasteiger partial charge < -0.3 is 25.3 Å². The van der Waals surface area contributed by atoms with E-state index < -0.39 is 46.9 Å². The second-order valence-corrected chi connectivity index (χ2v) is 9.11. The van der Waals surface area contributed by atoms with Gasteiger partial charge in [0.15, 0.2) is 0 Å². The minimum atomic E-state index is -1.39. The molecule has 13 nitrogen and oxygen atoms in total. The van der Waals surface area contributed by atoms with Gasteiger partial charge in [0.25, 0.3) is 10.2 Å². The number of aromatic nitrogens is 2. The smallest absolute Gasteiger partial charge is 0.294 e. The molecule has 41 heavy (non-hydrogen) atoms. The van der Waals surface area contributed by atoms with Crippen LogP contribution >= 0.6 is 0 Å². The van der Waals surface area contributed by atoms with Gasteiger partial charge in [-0.3, -0.25) is 4.79 Å².